The summed E-state index contributed by atoms with van der Waals surface area (Å²) in [6.45, 7) is 4.67. The van der Waals surface area contributed by atoms with Gasteiger partial charge in [-0.15, -0.1) is 0 Å². The first kappa shape index (κ1) is 17.5. The number of aryl methyl sites for hydroxylation is 1. The van der Waals surface area contributed by atoms with Crippen molar-refractivity contribution in [1.29, 1.82) is 0 Å². The number of benzene rings is 1. The van der Waals surface area contributed by atoms with Gasteiger partial charge in [-0.05, 0) is 38.0 Å². The van der Waals surface area contributed by atoms with Crippen molar-refractivity contribution in [3.05, 3.63) is 34.0 Å². The van der Waals surface area contributed by atoms with Crippen LogP contribution in [0.4, 0.5) is 0 Å². The summed E-state index contributed by atoms with van der Waals surface area (Å²) in [5.74, 6) is 0.329. The van der Waals surface area contributed by atoms with E-state index in [1.165, 1.54) is 0 Å². The Morgan fingerprint density at radius 1 is 1.15 bits per heavy atom. The van der Waals surface area contributed by atoms with Crippen molar-refractivity contribution in [1.82, 2.24) is 9.80 Å². The van der Waals surface area contributed by atoms with E-state index in [1.54, 1.807) is 4.90 Å². The number of carbonyl (C=O) groups is 2. The highest BCUT2D eigenvalue weighted by atomic mass is 79.9. The molecule has 7 heteroatoms. The van der Waals surface area contributed by atoms with E-state index in [0.29, 0.717) is 44.1 Å². The highest BCUT2D eigenvalue weighted by molar-refractivity contribution is 9.10. The van der Waals surface area contributed by atoms with Gasteiger partial charge in [0, 0.05) is 48.2 Å². The van der Waals surface area contributed by atoms with Crippen molar-refractivity contribution in [3.8, 4) is 0 Å². The van der Waals surface area contributed by atoms with E-state index in [4.69, 9.17) is 9.15 Å². The van der Waals surface area contributed by atoms with Crippen LogP contribution in [0.5, 0.6) is 0 Å². The number of hydrogen-bond donors (Lipinski definition) is 0. The third-order valence-electron chi connectivity index (χ3n) is 5.18. The molecule has 1 atom stereocenters. The Kier molecular flexibility index (Phi) is 4.75. The SMILES string of the molecule is Cc1c(C(=O)N2CCN(C(=O)C3CCCO3)CC2)oc2ccc(Br)cc12. The van der Waals surface area contributed by atoms with Crippen molar-refractivity contribution in [2.24, 2.45) is 0 Å². The smallest absolute Gasteiger partial charge is 0.290 e. The molecule has 2 aliphatic heterocycles. The molecule has 2 aliphatic rings. The molecule has 6 nitrogen and oxygen atoms in total. The second-order valence-electron chi connectivity index (χ2n) is 6.82. The Labute approximate surface area is 160 Å². The van der Waals surface area contributed by atoms with Crippen LogP contribution >= 0.6 is 15.9 Å². The Balaban J connectivity index is 1.45. The second-order valence-corrected chi connectivity index (χ2v) is 7.73. The van der Waals surface area contributed by atoms with Crippen molar-refractivity contribution in [2.75, 3.05) is 32.8 Å². The number of nitrogens with zero attached hydrogens (tertiary/aromatic N) is 2. The minimum absolute atomic E-state index is 0.0550. The molecule has 0 N–H and O–H groups in total. The second kappa shape index (κ2) is 7.04. The third-order valence-corrected chi connectivity index (χ3v) is 5.67. The largest absolute Gasteiger partial charge is 0.451 e. The van der Waals surface area contributed by atoms with Crippen LogP contribution in [0.3, 0.4) is 0 Å². The van der Waals surface area contributed by atoms with Crippen LogP contribution in [-0.4, -0.2) is 60.5 Å². The lowest BCUT2D eigenvalue weighted by Gasteiger charge is -2.35. The van der Waals surface area contributed by atoms with Crippen LogP contribution < -0.4 is 0 Å². The molecule has 138 valence electrons. The quantitative estimate of drug-likeness (QED) is 0.748. The molecule has 0 radical (unpaired) electrons. The van der Waals surface area contributed by atoms with Crippen molar-refractivity contribution < 1.29 is 18.7 Å². The number of piperazine rings is 1. The lowest BCUT2D eigenvalue weighted by atomic mass is 10.1. The molecule has 0 aliphatic carbocycles. The fourth-order valence-corrected chi connectivity index (χ4v) is 4.01. The highest BCUT2D eigenvalue weighted by Gasteiger charge is 2.32. The zero-order valence-corrected chi connectivity index (χ0v) is 16.3. The van der Waals surface area contributed by atoms with Crippen LogP contribution in [0.2, 0.25) is 0 Å². The van der Waals surface area contributed by atoms with Gasteiger partial charge in [-0.1, -0.05) is 15.9 Å². The Morgan fingerprint density at radius 2 is 1.88 bits per heavy atom. The van der Waals surface area contributed by atoms with E-state index < -0.39 is 0 Å². The van der Waals surface area contributed by atoms with Gasteiger partial charge in [0.05, 0.1) is 0 Å². The molecule has 2 saturated heterocycles. The summed E-state index contributed by atoms with van der Waals surface area (Å²) >= 11 is 3.45. The fourth-order valence-electron chi connectivity index (χ4n) is 3.65. The molecule has 0 saturated carbocycles. The lowest BCUT2D eigenvalue weighted by Crippen LogP contribution is -2.52. The van der Waals surface area contributed by atoms with Gasteiger partial charge in [0.1, 0.15) is 11.7 Å². The first-order valence-electron chi connectivity index (χ1n) is 8.93. The third kappa shape index (κ3) is 3.14. The van der Waals surface area contributed by atoms with Gasteiger partial charge in [0.2, 0.25) is 0 Å². The van der Waals surface area contributed by atoms with E-state index in [0.717, 1.165) is 28.3 Å². The summed E-state index contributed by atoms with van der Waals surface area (Å²) < 4.78 is 12.2. The Hall–Kier alpha value is -1.86. The van der Waals surface area contributed by atoms with Gasteiger partial charge in [-0.3, -0.25) is 9.59 Å². The maximum absolute atomic E-state index is 12.9. The molecule has 0 spiro atoms. The standard InChI is InChI=1S/C19H21BrN2O4/c1-12-14-11-13(20)4-5-15(14)26-17(12)19(24)22-8-6-21(7-9-22)18(23)16-3-2-10-25-16/h4-5,11,16H,2-3,6-10H2,1H3. The van der Waals surface area contributed by atoms with Crippen LogP contribution in [-0.2, 0) is 9.53 Å². The molecular weight excluding hydrogens is 400 g/mol. The van der Waals surface area contributed by atoms with Crippen LogP contribution in [0.1, 0.15) is 29.0 Å². The molecule has 3 heterocycles. The van der Waals surface area contributed by atoms with Gasteiger partial charge in [0.15, 0.2) is 5.76 Å². The molecule has 26 heavy (non-hydrogen) atoms. The molecule has 2 fully saturated rings. The minimum atomic E-state index is -0.298. The van der Waals surface area contributed by atoms with Gasteiger partial charge in [-0.25, -0.2) is 0 Å². The number of halogens is 1. The first-order chi connectivity index (χ1) is 12.5. The summed E-state index contributed by atoms with van der Waals surface area (Å²) in [4.78, 5) is 28.9. The van der Waals surface area contributed by atoms with Crippen LogP contribution in [0.25, 0.3) is 11.0 Å². The summed E-state index contributed by atoms with van der Waals surface area (Å²) in [7, 11) is 0. The summed E-state index contributed by atoms with van der Waals surface area (Å²) in [5.41, 5.74) is 1.56. The van der Waals surface area contributed by atoms with Gasteiger partial charge in [-0.2, -0.15) is 0 Å². The molecule has 2 aromatic rings. The number of ether oxygens (including phenoxy) is 1. The number of furan rings is 1. The van der Waals surface area contributed by atoms with Crippen LogP contribution in [0, 0.1) is 6.92 Å². The fraction of sp³-hybridized carbons (Fsp3) is 0.474. The summed E-state index contributed by atoms with van der Waals surface area (Å²) in [6.07, 6.45) is 1.44. The molecule has 1 aromatic heterocycles. The average Bonchev–Trinajstić information content (AvgIpc) is 3.30. The highest BCUT2D eigenvalue weighted by Crippen LogP contribution is 2.29. The zero-order chi connectivity index (χ0) is 18.3. The molecular formula is C19H21BrN2O4. The normalized spacial score (nSPS) is 20.8. The molecule has 0 bridgehead atoms. The first-order valence-corrected chi connectivity index (χ1v) is 9.72. The summed E-state index contributed by atoms with van der Waals surface area (Å²) in [6, 6.07) is 5.72. The molecule has 4 rings (SSSR count). The Bertz CT molecular complexity index is 849. The van der Waals surface area contributed by atoms with Crippen molar-refractivity contribution >= 4 is 38.7 Å². The van der Waals surface area contributed by atoms with E-state index >= 15 is 0 Å². The Morgan fingerprint density at radius 3 is 2.58 bits per heavy atom. The van der Waals surface area contributed by atoms with Crippen molar-refractivity contribution in [3.63, 3.8) is 0 Å². The number of hydrogen-bond acceptors (Lipinski definition) is 4. The van der Waals surface area contributed by atoms with E-state index in [2.05, 4.69) is 15.9 Å². The zero-order valence-electron chi connectivity index (χ0n) is 14.7. The minimum Gasteiger partial charge on any atom is -0.451 e. The van der Waals surface area contributed by atoms with E-state index in [1.807, 2.05) is 30.0 Å². The van der Waals surface area contributed by atoms with Gasteiger partial charge >= 0.3 is 0 Å². The maximum atomic E-state index is 12.9. The predicted molar refractivity (Wildman–Crippen MR) is 100 cm³/mol. The lowest BCUT2D eigenvalue weighted by molar-refractivity contribution is -0.142. The number of rotatable bonds is 2. The summed E-state index contributed by atoms with van der Waals surface area (Å²) in [5, 5.41) is 0.940. The predicted octanol–water partition coefficient (Wildman–Crippen LogP) is 2.97. The number of fused-ring (bicyclic) bond motifs is 1. The van der Waals surface area contributed by atoms with Crippen LogP contribution in [0.15, 0.2) is 27.1 Å². The van der Waals surface area contributed by atoms with Gasteiger partial charge in [0.25, 0.3) is 11.8 Å². The van der Waals surface area contributed by atoms with E-state index in [9.17, 15) is 9.59 Å². The van der Waals surface area contributed by atoms with E-state index in [-0.39, 0.29) is 17.9 Å². The molecule has 1 unspecified atom stereocenters. The number of amides is 2. The van der Waals surface area contributed by atoms with Crippen molar-refractivity contribution in [2.45, 2.75) is 25.9 Å². The molecule has 1 aromatic carbocycles. The maximum Gasteiger partial charge on any atom is 0.290 e. The topological polar surface area (TPSA) is 63.0 Å². The monoisotopic (exact) mass is 420 g/mol. The number of carbonyl (C=O) groups excluding carboxylic acids is 2. The van der Waals surface area contributed by atoms with Gasteiger partial charge < -0.3 is 19.0 Å². The molecule has 2 amide bonds. The average molecular weight is 421 g/mol.